The van der Waals surface area contributed by atoms with Crippen molar-refractivity contribution < 1.29 is 0 Å². The molecule has 2 aromatic rings. The minimum atomic E-state index is 0.873. The zero-order valence-electron chi connectivity index (χ0n) is 9.84. The van der Waals surface area contributed by atoms with Gasteiger partial charge in [-0.2, -0.15) is 0 Å². The van der Waals surface area contributed by atoms with E-state index in [0.29, 0.717) is 0 Å². The standard InChI is InChI=1S/C15H15NS/c1-2-16(14-11-7-4-8-12-14)15(17)13-9-5-3-6-10-13/h3-12H,2H2,1H3. The first kappa shape index (κ1) is 11.8. The third-order valence-corrected chi connectivity index (χ3v) is 3.11. The zero-order chi connectivity index (χ0) is 12.1. The second-order valence-electron chi connectivity index (χ2n) is 3.75. The lowest BCUT2D eigenvalue weighted by Crippen LogP contribution is -2.29. The summed E-state index contributed by atoms with van der Waals surface area (Å²) in [5.41, 5.74) is 2.23. The summed E-state index contributed by atoms with van der Waals surface area (Å²) in [6, 6.07) is 20.4. The second-order valence-corrected chi connectivity index (χ2v) is 4.14. The fourth-order valence-corrected chi connectivity index (χ4v) is 2.16. The topological polar surface area (TPSA) is 3.24 Å². The van der Waals surface area contributed by atoms with Crippen molar-refractivity contribution in [2.24, 2.45) is 0 Å². The average molecular weight is 241 g/mol. The van der Waals surface area contributed by atoms with Gasteiger partial charge in [-0.3, -0.25) is 0 Å². The molecule has 2 aromatic carbocycles. The number of hydrogen-bond acceptors (Lipinski definition) is 1. The first-order valence-corrected chi connectivity index (χ1v) is 6.15. The molecular formula is C15H15NS. The Morgan fingerprint density at radius 1 is 0.941 bits per heavy atom. The highest BCUT2D eigenvalue weighted by molar-refractivity contribution is 7.81. The van der Waals surface area contributed by atoms with Crippen molar-refractivity contribution in [2.45, 2.75) is 6.92 Å². The lowest BCUT2D eigenvalue weighted by atomic mass is 10.2. The largest absolute Gasteiger partial charge is 0.332 e. The van der Waals surface area contributed by atoms with E-state index in [1.165, 1.54) is 0 Å². The summed E-state index contributed by atoms with van der Waals surface area (Å²) in [6.07, 6.45) is 0. The van der Waals surface area contributed by atoms with E-state index >= 15 is 0 Å². The molecule has 0 amide bonds. The minimum absolute atomic E-state index is 0.873. The van der Waals surface area contributed by atoms with Crippen molar-refractivity contribution in [1.82, 2.24) is 0 Å². The number of thiocarbonyl (C=S) groups is 1. The summed E-state index contributed by atoms with van der Waals surface area (Å²) >= 11 is 5.55. The Bertz CT molecular complexity index is 479. The van der Waals surface area contributed by atoms with Gasteiger partial charge < -0.3 is 4.90 Å². The number of benzene rings is 2. The number of anilines is 1. The van der Waals surface area contributed by atoms with Crippen molar-refractivity contribution >= 4 is 22.9 Å². The van der Waals surface area contributed by atoms with Crippen molar-refractivity contribution in [2.75, 3.05) is 11.4 Å². The highest BCUT2D eigenvalue weighted by Gasteiger charge is 2.10. The molecule has 17 heavy (non-hydrogen) atoms. The molecule has 1 nitrogen and oxygen atoms in total. The van der Waals surface area contributed by atoms with Gasteiger partial charge in [0.05, 0.1) is 0 Å². The quantitative estimate of drug-likeness (QED) is 0.750. The number of rotatable bonds is 3. The summed E-state index contributed by atoms with van der Waals surface area (Å²) in [5, 5.41) is 0. The van der Waals surface area contributed by atoms with E-state index in [1.54, 1.807) is 0 Å². The van der Waals surface area contributed by atoms with Gasteiger partial charge in [0.1, 0.15) is 4.99 Å². The van der Waals surface area contributed by atoms with E-state index in [9.17, 15) is 0 Å². The van der Waals surface area contributed by atoms with Crippen molar-refractivity contribution in [3.05, 3.63) is 66.2 Å². The highest BCUT2D eigenvalue weighted by atomic mass is 32.1. The molecule has 0 aliphatic carbocycles. The molecule has 0 N–H and O–H groups in total. The molecular weight excluding hydrogens is 226 g/mol. The zero-order valence-corrected chi connectivity index (χ0v) is 10.7. The van der Waals surface area contributed by atoms with Crippen LogP contribution in [0.1, 0.15) is 12.5 Å². The summed E-state index contributed by atoms with van der Waals surface area (Å²) in [6.45, 7) is 2.99. The van der Waals surface area contributed by atoms with Crippen LogP contribution in [0.25, 0.3) is 0 Å². The predicted octanol–water partition coefficient (Wildman–Crippen LogP) is 3.89. The van der Waals surface area contributed by atoms with Crippen LogP contribution in [-0.2, 0) is 0 Å². The molecule has 0 aromatic heterocycles. The molecule has 0 unspecified atom stereocenters. The first-order valence-electron chi connectivity index (χ1n) is 5.75. The van der Waals surface area contributed by atoms with Crippen LogP contribution in [0, 0.1) is 0 Å². The number of hydrogen-bond donors (Lipinski definition) is 0. The van der Waals surface area contributed by atoms with Crippen LogP contribution >= 0.6 is 12.2 Å². The fraction of sp³-hybridized carbons (Fsp3) is 0.133. The Balaban J connectivity index is 2.29. The second kappa shape index (κ2) is 5.60. The number of nitrogens with zero attached hydrogens (tertiary/aromatic N) is 1. The first-order chi connectivity index (χ1) is 8.33. The predicted molar refractivity (Wildman–Crippen MR) is 77.6 cm³/mol. The lowest BCUT2D eigenvalue weighted by Gasteiger charge is -2.23. The van der Waals surface area contributed by atoms with Crippen LogP contribution in [0.15, 0.2) is 60.7 Å². The van der Waals surface area contributed by atoms with Crippen LogP contribution in [0.3, 0.4) is 0 Å². The molecule has 0 fully saturated rings. The molecule has 0 saturated carbocycles. The van der Waals surface area contributed by atoms with E-state index < -0.39 is 0 Å². The molecule has 2 rings (SSSR count). The van der Waals surface area contributed by atoms with Crippen LogP contribution < -0.4 is 4.90 Å². The van der Waals surface area contributed by atoms with Gasteiger partial charge in [-0.15, -0.1) is 0 Å². The van der Waals surface area contributed by atoms with Gasteiger partial charge in [-0.05, 0) is 19.1 Å². The molecule has 86 valence electrons. The van der Waals surface area contributed by atoms with Crippen LogP contribution in [0.4, 0.5) is 5.69 Å². The monoisotopic (exact) mass is 241 g/mol. The average Bonchev–Trinajstić information content (AvgIpc) is 2.42. The molecule has 2 heteroatoms. The lowest BCUT2D eigenvalue weighted by molar-refractivity contribution is 1.07. The Kier molecular flexibility index (Phi) is 3.89. The highest BCUT2D eigenvalue weighted by Crippen LogP contribution is 2.17. The van der Waals surface area contributed by atoms with Gasteiger partial charge in [0, 0.05) is 17.8 Å². The number of para-hydroxylation sites is 1. The van der Waals surface area contributed by atoms with Gasteiger partial charge in [0.2, 0.25) is 0 Å². The SMILES string of the molecule is CCN(C(=S)c1ccccc1)c1ccccc1. The van der Waals surface area contributed by atoms with E-state index in [1.807, 2.05) is 48.5 Å². The summed E-state index contributed by atoms with van der Waals surface area (Å²) in [5.74, 6) is 0. The maximum atomic E-state index is 5.55. The van der Waals surface area contributed by atoms with Gasteiger partial charge in [-0.1, -0.05) is 60.7 Å². The third kappa shape index (κ3) is 2.71. The minimum Gasteiger partial charge on any atom is -0.332 e. The molecule has 0 aliphatic heterocycles. The van der Waals surface area contributed by atoms with Crippen molar-refractivity contribution in [1.29, 1.82) is 0 Å². The molecule has 0 aliphatic rings. The Hall–Kier alpha value is -1.67. The van der Waals surface area contributed by atoms with E-state index in [0.717, 1.165) is 22.8 Å². The van der Waals surface area contributed by atoms with Crippen LogP contribution in [-0.4, -0.2) is 11.5 Å². The maximum Gasteiger partial charge on any atom is 0.113 e. The van der Waals surface area contributed by atoms with E-state index in [2.05, 4.69) is 24.0 Å². The molecule has 0 radical (unpaired) electrons. The maximum absolute atomic E-state index is 5.55. The van der Waals surface area contributed by atoms with Gasteiger partial charge in [0.25, 0.3) is 0 Å². The molecule has 0 saturated heterocycles. The molecule has 0 bridgehead atoms. The molecule has 0 atom stereocenters. The fourth-order valence-electron chi connectivity index (χ4n) is 1.79. The van der Waals surface area contributed by atoms with E-state index in [4.69, 9.17) is 12.2 Å². The summed E-state index contributed by atoms with van der Waals surface area (Å²) in [4.78, 5) is 3.02. The normalized spacial score (nSPS) is 9.94. The van der Waals surface area contributed by atoms with Gasteiger partial charge in [-0.25, -0.2) is 0 Å². The smallest absolute Gasteiger partial charge is 0.113 e. The van der Waals surface area contributed by atoms with Gasteiger partial charge in [0.15, 0.2) is 0 Å². The van der Waals surface area contributed by atoms with Crippen LogP contribution in [0.5, 0.6) is 0 Å². The van der Waals surface area contributed by atoms with Crippen molar-refractivity contribution in [3.63, 3.8) is 0 Å². The third-order valence-electron chi connectivity index (χ3n) is 2.65. The molecule has 0 spiro atoms. The Morgan fingerprint density at radius 3 is 2.00 bits per heavy atom. The van der Waals surface area contributed by atoms with E-state index in [-0.39, 0.29) is 0 Å². The Labute approximate surface area is 108 Å². The van der Waals surface area contributed by atoms with Crippen LogP contribution in [0.2, 0.25) is 0 Å². The van der Waals surface area contributed by atoms with Gasteiger partial charge >= 0.3 is 0 Å². The summed E-state index contributed by atoms with van der Waals surface area (Å²) in [7, 11) is 0. The van der Waals surface area contributed by atoms with Crippen molar-refractivity contribution in [3.8, 4) is 0 Å². The summed E-state index contributed by atoms with van der Waals surface area (Å²) < 4.78 is 0. The molecule has 0 heterocycles. The Morgan fingerprint density at radius 2 is 1.47 bits per heavy atom.